The molecule has 0 radical (unpaired) electrons. The quantitative estimate of drug-likeness (QED) is 0.133. The molecule has 0 N–H and O–H groups in total. The third kappa shape index (κ3) is 10.8. The predicted octanol–water partition coefficient (Wildman–Crippen LogP) is 12.8. The number of carbonyl (C=O) groups excluding carboxylic acids is 3. The molecule has 626 valence electrons. The number of aromatic nitrogens is 6. The number of hydrogen-bond donors (Lipinski definition) is 0. The second kappa shape index (κ2) is 28.0. The van der Waals surface area contributed by atoms with Gasteiger partial charge in [-0.1, -0.05) is 0 Å². The zero-order valence-corrected chi connectivity index (χ0v) is 77.4. The maximum absolute atomic E-state index is 18.1. The molecule has 12 aliphatic rings. The Bertz CT molecular complexity index is 8840. The Labute approximate surface area is 776 Å². The number of rotatable bonds is 8. The fraction of sp³-hybridized carbons (Fsp3) is 0.0294. The molecule has 30 rings (SSSR count). The van der Waals surface area contributed by atoms with Gasteiger partial charge in [-0.15, -0.1) is 0 Å². The summed E-state index contributed by atoms with van der Waals surface area (Å²) in [5, 5.41) is 7.84. The van der Waals surface area contributed by atoms with Crippen molar-refractivity contribution in [3.05, 3.63) is 391 Å². The van der Waals surface area contributed by atoms with Crippen molar-refractivity contribution >= 4 is 239 Å². The summed E-state index contributed by atoms with van der Waals surface area (Å²) in [5.74, 6) is 1.84. The first-order chi connectivity index (χ1) is 66.6. The number of nitrogens with zero attached hydrogens (tertiary/aromatic N) is 24. The predicted molar refractivity (Wildman–Crippen MR) is 514 cm³/mol. The van der Waals surface area contributed by atoms with E-state index in [1.165, 1.54) is 0 Å². The second-order valence-corrected chi connectivity index (χ2v) is 46.1. The van der Waals surface area contributed by atoms with Gasteiger partial charge in [0.05, 0.1) is 0 Å². The van der Waals surface area contributed by atoms with Crippen LogP contribution in [-0.4, -0.2) is 159 Å². The molecule has 0 amide bonds. The number of fused-ring (bicyclic) bond motifs is 42. The van der Waals surface area contributed by atoms with Crippen molar-refractivity contribution in [2.75, 3.05) is 0 Å². The Morgan fingerprint density at radius 3 is 0.533 bits per heavy atom. The van der Waals surface area contributed by atoms with Gasteiger partial charge in [0.1, 0.15) is 0 Å². The summed E-state index contributed by atoms with van der Waals surface area (Å²) in [6, 6.07) is 93.6. The molecule has 0 aliphatic carbocycles. The fourth-order valence-electron chi connectivity index (χ4n) is 20.6. The van der Waals surface area contributed by atoms with E-state index in [1.807, 2.05) is 311 Å². The summed E-state index contributed by atoms with van der Waals surface area (Å²) in [6.07, 6.45) is -1.66. The topological polar surface area (TPSA) is 331 Å². The van der Waals surface area contributed by atoms with Gasteiger partial charge in [0.25, 0.3) is 0 Å². The van der Waals surface area contributed by atoms with E-state index in [0.29, 0.717) is 225 Å². The summed E-state index contributed by atoms with van der Waals surface area (Å²) in [6.45, 7) is 0. The Morgan fingerprint density at radius 2 is 0.348 bits per heavy atom. The van der Waals surface area contributed by atoms with Gasteiger partial charge >= 0.3 is 783 Å². The fourth-order valence-corrected chi connectivity index (χ4v) is 35.9. The third-order valence-electron chi connectivity index (χ3n) is 26.6. The molecule has 12 aliphatic heterocycles. The number of aliphatic imine (C=N–C) groups is 12. The molecule has 6 aromatic heterocycles. The standard InChI is InChI=1S/3C32H16N8.C6H8O6.3Ga/c3*1-2-10-18-17(9-1)25-33-26(18)38-28-21-13-5-6-14-22(21)30(35-28)40-32-24-16-8-7-15-23(24)31(36-32)39-29-20-12-4-3-11-19(20)27(34-29)37-25;7-4(8)1-3(6(11)12)2-5(9)10;;;/h3*1-16H;3H,1-2H2,(H,7,8)(H,9,10)(H,11,12);;;/q3*-2;;3*+3/p-3. The van der Waals surface area contributed by atoms with Crippen LogP contribution in [0.25, 0.3) is 64.6 Å². The van der Waals surface area contributed by atoms with Gasteiger partial charge < -0.3 is 0 Å². The molecule has 12 aromatic carbocycles. The number of carbonyl (C=O) groups is 3. The van der Waals surface area contributed by atoms with Gasteiger partial charge in [-0.2, -0.15) is 0 Å². The van der Waals surface area contributed by atoms with Crippen LogP contribution in [0.3, 0.4) is 0 Å². The summed E-state index contributed by atoms with van der Waals surface area (Å²) in [4.78, 5) is 152. The number of benzene rings is 12. The van der Waals surface area contributed by atoms with Crippen LogP contribution in [0.1, 0.15) is 79.6 Å². The van der Waals surface area contributed by atoms with Crippen molar-refractivity contribution in [2.45, 2.75) is 12.8 Å². The van der Waals surface area contributed by atoms with Crippen LogP contribution in [0.4, 0.5) is 34.9 Å². The molecule has 0 saturated carbocycles. The number of hydrogen-bond acceptors (Lipinski definition) is 24. The van der Waals surface area contributed by atoms with Crippen LogP contribution in [0.15, 0.2) is 381 Å². The van der Waals surface area contributed by atoms with Crippen molar-refractivity contribution in [1.29, 1.82) is 0 Å². The van der Waals surface area contributed by atoms with Crippen LogP contribution in [0, 0.1) is 5.92 Å². The summed E-state index contributed by atoms with van der Waals surface area (Å²) >= 11 is -15.1. The van der Waals surface area contributed by atoms with Crippen LogP contribution >= 0.6 is 0 Å². The molecular weight excluding hydrogens is 1870 g/mol. The molecule has 0 atom stereocenters. The van der Waals surface area contributed by atoms with Crippen LogP contribution in [-0.2, 0) is 25.0 Å². The third-order valence-corrected chi connectivity index (χ3v) is 41.3. The van der Waals surface area contributed by atoms with Crippen molar-refractivity contribution in [3.8, 4) is 0 Å². The maximum atomic E-state index is 18.1. The van der Waals surface area contributed by atoms with E-state index in [1.54, 1.807) is 0 Å². The Morgan fingerprint density at radius 1 is 0.193 bits per heavy atom. The SMILES string of the molecule is O=C(CC(CC(=O)[O][Ga]1[n]2c3c4ccccc4c2N=C2N=C(N=c4c5ccccc5c([n]41)=NC1=NC(=N3)c3ccccc31)c1ccccc12)C(=O)[O][Ga]1[n]2c3c4ccccc4c2N=C2N=C(N=c4c5ccccc5c([n]41)=NC1=NC(=N3)c3ccccc31)c1ccccc12)[O][Ga]1[n]2c3c4ccccc4c2N=C2N=C(N=c4c5ccccc5c([n]41)=NC1=NC(=N3)c3ccccc31)c1ccccc12. The monoisotopic (exact) mass is 1920 g/mol. The van der Waals surface area contributed by atoms with Crippen LogP contribution in [0.2, 0.25) is 0 Å². The Balaban J connectivity index is 0.663. The van der Waals surface area contributed by atoms with Crippen molar-refractivity contribution in [1.82, 2.24) is 19.6 Å². The van der Waals surface area contributed by atoms with Gasteiger partial charge in [-0.25, -0.2) is 0 Å². The molecule has 18 aromatic rings. The normalized spacial score (nSPS) is 15.8. The molecule has 18 bridgehead atoms. The van der Waals surface area contributed by atoms with Gasteiger partial charge in [0.2, 0.25) is 0 Å². The Kier molecular flexibility index (Phi) is 15.5. The molecule has 0 saturated heterocycles. The first-order valence-corrected chi connectivity index (χ1v) is 53.4. The minimum absolute atomic E-state index is 0.348. The van der Waals surface area contributed by atoms with E-state index in [2.05, 4.69) is 0 Å². The summed E-state index contributed by atoms with van der Waals surface area (Å²) in [7, 11) is 0. The molecule has 33 heteroatoms. The van der Waals surface area contributed by atoms with E-state index in [0.717, 1.165) is 44.5 Å². The molecule has 18 heterocycles. The van der Waals surface area contributed by atoms with Gasteiger partial charge in [0, 0.05) is 0 Å². The minimum atomic E-state index is -5.12. The van der Waals surface area contributed by atoms with Crippen molar-refractivity contribution < 1.29 is 25.0 Å². The molecule has 0 spiro atoms. The van der Waals surface area contributed by atoms with Crippen molar-refractivity contribution in [2.24, 2.45) is 95.8 Å². The van der Waals surface area contributed by atoms with Crippen LogP contribution in [0.5, 0.6) is 0 Å². The molecule has 135 heavy (non-hydrogen) atoms. The zero-order chi connectivity index (χ0) is 88.4. The average molecular weight is 1920 g/mol. The van der Waals surface area contributed by atoms with Gasteiger partial charge in [0.15, 0.2) is 0 Å². The zero-order valence-electron chi connectivity index (χ0n) is 70.1. The van der Waals surface area contributed by atoms with E-state index >= 15 is 14.4 Å². The average Bonchev–Trinajstić information content (AvgIpc) is 1.56. The summed E-state index contributed by atoms with van der Waals surface area (Å²) in [5.41, 5.74) is 10.8. The number of amidine groups is 12. The molecular formula is C102H53Ga3N24O6. The Hall–Kier alpha value is -17.0. The van der Waals surface area contributed by atoms with E-state index in [4.69, 9.17) is 100 Å². The molecule has 30 nitrogen and oxygen atoms in total. The molecule has 0 unspecified atom stereocenters. The van der Waals surface area contributed by atoms with Gasteiger partial charge in [-0.3, -0.25) is 0 Å². The first kappa shape index (κ1) is 74.8. The van der Waals surface area contributed by atoms with Gasteiger partial charge in [-0.05, 0) is 0 Å². The second-order valence-electron chi connectivity index (χ2n) is 34.0. The summed E-state index contributed by atoms with van der Waals surface area (Å²) < 4.78 is 35.0. The van der Waals surface area contributed by atoms with E-state index in [-0.39, 0.29) is 0 Å². The van der Waals surface area contributed by atoms with E-state index < -0.39 is 87.9 Å². The first-order valence-electron chi connectivity index (χ1n) is 44.0. The van der Waals surface area contributed by atoms with E-state index in [9.17, 15) is 0 Å². The van der Waals surface area contributed by atoms with Crippen molar-refractivity contribution in [3.63, 3.8) is 0 Å². The van der Waals surface area contributed by atoms with Crippen LogP contribution < -0.4 is 32.9 Å². The molecule has 0 fully saturated rings.